The molecule has 0 amide bonds. The Morgan fingerprint density at radius 1 is 1.14 bits per heavy atom. The van der Waals surface area contributed by atoms with E-state index in [0.717, 1.165) is 18.2 Å². The molecule has 0 saturated carbocycles. The van der Waals surface area contributed by atoms with Crippen LogP contribution in [0.5, 0.6) is 0 Å². The van der Waals surface area contributed by atoms with Gasteiger partial charge in [0, 0.05) is 28.9 Å². The smallest absolute Gasteiger partial charge is 0.207 e. The second-order valence-electron chi connectivity index (χ2n) is 5.70. The zero-order valence-electron chi connectivity index (χ0n) is 11.9. The van der Waals surface area contributed by atoms with E-state index in [1.54, 1.807) is 16.4 Å². The highest BCUT2D eigenvalue weighted by Gasteiger charge is 2.30. The molecule has 1 saturated heterocycles. The van der Waals surface area contributed by atoms with Crippen LogP contribution in [0.4, 0.5) is 0 Å². The predicted molar refractivity (Wildman–Crippen MR) is 86.1 cm³/mol. The number of rotatable bonds is 2. The lowest BCUT2D eigenvalue weighted by Gasteiger charge is -2.30. The van der Waals surface area contributed by atoms with E-state index in [1.807, 2.05) is 24.3 Å². The molecule has 1 unspecified atom stereocenters. The molecule has 3 rings (SSSR count). The molecule has 1 aliphatic rings. The van der Waals surface area contributed by atoms with E-state index < -0.39 is 10.0 Å². The van der Waals surface area contributed by atoms with Crippen LogP contribution in [0.3, 0.4) is 0 Å². The summed E-state index contributed by atoms with van der Waals surface area (Å²) in [6, 6.07) is 10.7. The Labute approximate surface area is 130 Å². The Morgan fingerprint density at radius 2 is 1.86 bits per heavy atom. The molecule has 1 aliphatic heterocycles. The summed E-state index contributed by atoms with van der Waals surface area (Å²) in [5.74, 6) is 0.409. The molecule has 2 aromatic rings. The first-order valence-electron chi connectivity index (χ1n) is 7.17. The van der Waals surface area contributed by atoms with E-state index in [1.165, 1.54) is 0 Å². The number of fused-ring (bicyclic) bond motifs is 1. The summed E-state index contributed by atoms with van der Waals surface area (Å²) in [6.07, 6.45) is 2.01. The van der Waals surface area contributed by atoms with Crippen molar-refractivity contribution in [3.8, 4) is 0 Å². The van der Waals surface area contributed by atoms with Crippen molar-refractivity contribution in [2.24, 2.45) is 5.92 Å². The second kappa shape index (κ2) is 5.59. The van der Waals surface area contributed by atoms with Gasteiger partial charge in [0.2, 0.25) is 10.0 Å². The maximum absolute atomic E-state index is 12.9. The lowest BCUT2D eigenvalue weighted by atomic mass is 10.0. The summed E-state index contributed by atoms with van der Waals surface area (Å²) in [4.78, 5) is 0.358. The molecular formula is C16H18ClNO2S. The van der Waals surface area contributed by atoms with Crippen molar-refractivity contribution in [1.82, 2.24) is 4.31 Å². The average molecular weight is 324 g/mol. The quantitative estimate of drug-likeness (QED) is 0.840. The lowest BCUT2D eigenvalue weighted by Crippen LogP contribution is -2.39. The van der Waals surface area contributed by atoms with Gasteiger partial charge < -0.3 is 0 Å². The normalized spacial score (nSPS) is 20.8. The van der Waals surface area contributed by atoms with Crippen molar-refractivity contribution in [3.63, 3.8) is 0 Å². The summed E-state index contributed by atoms with van der Waals surface area (Å²) in [5, 5.41) is 2.06. The highest BCUT2D eigenvalue weighted by molar-refractivity contribution is 7.89. The number of hydrogen-bond donors (Lipinski definition) is 0. The van der Waals surface area contributed by atoms with E-state index in [9.17, 15) is 8.42 Å². The largest absolute Gasteiger partial charge is 0.243 e. The fourth-order valence-electron chi connectivity index (χ4n) is 2.96. The number of nitrogens with zero attached hydrogens (tertiary/aromatic N) is 1. The number of piperidine rings is 1. The maximum Gasteiger partial charge on any atom is 0.243 e. The van der Waals surface area contributed by atoms with Crippen molar-refractivity contribution >= 4 is 32.4 Å². The van der Waals surface area contributed by atoms with Gasteiger partial charge in [-0.25, -0.2) is 8.42 Å². The Balaban J connectivity index is 2.13. The first-order valence-corrected chi connectivity index (χ1v) is 8.99. The minimum atomic E-state index is -3.46. The summed E-state index contributed by atoms with van der Waals surface area (Å²) in [7, 11) is -3.46. The molecule has 112 valence electrons. The van der Waals surface area contributed by atoms with Crippen molar-refractivity contribution < 1.29 is 8.42 Å². The summed E-state index contributed by atoms with van der Waals surface area (Å²) >= 11 is 6.18. The predicted octanol–water partition coefficient (Wildman–Crippen LogP) is 3.91. The van der Waals surface area contributed by atoms with Crippen LogP contribution in [0.2, 0.25) is 5.02 Å². The monoisotopic (exact) mass is 323 g/mol. The number of halogens is 1. The van der Waals surface area contributed by atoms with Gasteiger partial charge >= 0.3 is 0 Å². The first kappa shape index (κ1) is 14.8. The molecule has 0 spiro atoms. The maximum atomic E-state index is 12.9. The van der Waals surface area contributed by atoms with Crippen molar-refractivity contribution in [1.29, 1.82) is 0 Å². The second-order valence-corrected chi connectivity index (χ2v) is 8.02. The molecule has 2 aromatic carbocycles. The van der Waals surface area contributed by atoms with Gasteiger partial charge in [-0.1, -0.05) is 42.8 Å². The van der Waals surface area contributed by atoms with E-state index in [4.69, 9.17) is 11.6 Å². The van der Waals surface area contributed by atoms with Gasteiger partial charge in [-0.3, -0.25) is 0 Å². The minimum absolute atomic E-state index is 0.358. The summed E-state index contributed by atoms with van der Waals surface area (Å²) < 4.78 is 27.5. The van der Waals surface area contributed by atoms with E-state index >= 15 is 0 Å². The number of sulfonamides is 1. The molecular weight excluding hydrogens is 306 g/mol. The molecule has 0 N–H and O–H groups in total. The van der Waals surface area contributed by atoms with Crippen LogP contribution >= 0.6 is 11.6 Å². The Bertz CT molecular complexity index is 773. The van der Waals surface area contributed by atoms with E-state index in [2.05, 4.69) is 6.92 Å². The molecule has 0 bridgehead atoms. The van der Waals surface area contributed by atoms with Crippen LogP contribution in [0.25, 0.3) is 10.8 Å². The zero-order chi connectivity index (χ0) is 15.0. The number of benzene rings is 2. The van der Waals surface area contributed by atoms with E-state index in [0.29, 0.717) is 34.3 Å². The molecule has 21 heavy (non-hydrogen) atoms. The lowest BCUT2D eigenvalue weighted by molar-refractivity contribution is 0.281. The van der Waals surface area contributed by atoms with Gasteiger partial charge in [-0.05, 0) is 30.9 Å². The van der Waals surface area contributed by atoms with Crippen LogP contribution < -0.4 is 0 Å². The average Bonchev–Trinajstić information content (AvgIpc) is 2.47. The summed E-state index contributed by atoms with van der Waals surface area (Å²) in [6.45, 7) is 3.30. The number of hydrogen-bond acceptors (Lipinski definition) is 2. The van der Waals surface area contributed by atoms with Crippen molar-refractivity contribution in [2.75, 3.05) is 13.1 Å². The van der Waals surface area contributed by atoms with Crippen molar-refractivity contribution in [2.45, 2.75) is 24.7 Å². The first-order chi connectivity index (χ1) is 10.00. The molecule has 1 fully saturated rings. The van der Waals surface area contributed by atoms with Gasteiger partial charge in [0.1, 0.15) is 0 Å². The van der Waals surface area contributed by atoms with Crippen LogP contribution in [-0.4, -0.2) is 25.8 Å². The minimum Gasteiger partial charge on any atom is -0.207 e. The Kier molecular flexibility index (Phi) is 3.95. The molecule has 5 heteroatoms. The van der Waals surface area contributed by atoms with E-state index in [-0.39, 0.29) is 0 Å². The SMILES string of the molecule is CC1CCCN(S(=O)(=O)c2ccc(Cl)c3ccccc23)C1. The molecule has 1 heterocycles. The molecule has 0 radical (unpaired) electrons. The third kappa shape index (κ3) is 2.68. The van der Waals surface area contributed by atoms with Gasteiger partial charge in [0.15, 0.2) is 0 Å². The fraction of sp³-hybridized carbons (Fsp3) is 0.375. The van der Waals surface area contributed by atoms with Gasteiger partial charge in [0.25, 0.3) is 0 Å². The van der Waals surface area contributed by atoms with Gasteiger partial charge in [0.05, 0.1) is 4.90 Å². The fourth-order valence-corrected chi connectivity index (χ4v) is 4.99. The Hall–Kier alpha value is -1.10. The van der Waals surface area contributed by atoms with Gasteiger partial charge in [-0.2, -0.15) is 4.31 Å². The highest BCUT2D eigenvalue weighted by Crippen LogP contribution is 2.32. The third-order valence-corrected chi connectivity index (χ3v) is 6.32. The van der Waals surface area contributed by atoms with Crippen LogP contribution in [0.15, 0.2) is 41.3 Å². The van der Waals surface area contributed by atoms with Crippen LogP contribution in [-0.2, 0) is 10.0 Å². The molecule has 3 nitrogen and oxygen atoms in total. The van der Waals surface area contributed by atoms with Gasteiger partial charge in [-0.15, -0.1) is 0 Å². The highest BCUT2D eigenvalue weighted by atomic mass is 35.5. The standard InChI is InChI=1S/C16H18ClNO2S/c1-12-5-4-10-18(11-12)21(19,20)16-9-8-15(17)13-6-2-3-7-14(13)16/h2-3,6-9,12H,4-5,10-11H2,1H3. The topological polar surface area (TPSA) is 37.4 Å². The zero-order valence-corrected chi connectivity index (χ0v) is 13.5. The summed E-state index contributed by atoms with van der Waals surface area (Å²) in [5.41, 5.74) is 0. The van der Waals surface area contributed by atoms with Crippen molar-refractivity contribution in [3.05, 3.63) is 41.4 Å². The molecule has 1 atom stereocenters. The third-order valence-electron chi connectivity index (χ3n) is 4.07. The molecule has 0 aromatic heterocycles. The Morgan fingerprint density at radius 3 is 2.57 bits per heavy atom. The molecule has 0 aliphatic carbocycles. The van der Waals surface area contributed by atoms with Crippen LogP contribution in [0, 0.1) is 5.92 Å². The van der Waals surface area contributed by atoms with Crippen LogP contribution in [0.1, 0.15) is 19.8 Å².